The molecule has 0 saturated carbocycles. The van der Waals surface area contributed by atoms with Gasteiger partial charge in [-0.3, -0.25) is 4.79 Å². The first-order chi connectivity index (χ1) is 5.07. The fourth-order valence-electron chi connectivity index (χ4n) is 0.846. The molecule has 0 N–H and O–H groups in total. The zero-order chi connectivity index (χ0) is 8.85. The summed E-state index contributed by atoms with van der Waals surface area (Å²) in [7, 11) is 1.87. The minimum absolute atomic E-state index is 0.241. The van der Waals surface area contributed by atoms with Gasteiger partial charge in [0, 0.05) is 20.0 Å². The summed E-state index contributed by atoms with van der Waals surface area (Å²) >= 11 is 0. The number of hydrogen-bond acceptors (Lipinski definition) is 1. The highest BCUT2D eigenvalue weighted by Gasteiger charge is 2.05. The quantitative estimate of drug-likeness (QED) is 0.610. The van der Waals surface area contributed by atoms with Gasteiger partial charge in [0.1, 0.15) is 0 Å². The van der Waals surface area contributed by atoms with Gasteiger partial charge in [-0.1, -0.05) is 20.8 Å². The summed E-state index contributed by atoms with van der Waals surface area (Å²) in [5, 5.41) is 0. The van der Waals surface area contributed by atoms with Gasteiger partial charge < -0.3 is 4.90 Å². The van der Waals surface area contributed by atoms with Crippen LogP contribution in [-0.2, 0) is 4.79 Å². The van der Waals surface area contributed by atoms with E-state index < -0.39 is 0 Å². The van der Waals surface area contributed by atoms with Crippen LogP contribution in [-0.4, -0.2) is 24.4 Å². The van der Waals surface area contributed by atoms with Gasteiger partial charge in [0.25, 0.3) is 0 Å². The smallest absolute Gasteiger partial charge is 0.222 e. The molecule has 0 fully saturated rings. The molecule has 0 heterocycles. The highest BCUT2D eigenvalue weighted by Crippen LogP contribution is 2.01. The number of amides is 1. The molecular formula is C9H19NO. The van der Waals surface area contributed by atoms with Crippen LogP contribution in [0.15, 0.2) is 0 Å². The third-order valence-electron chi connectivity index (χ3n) is 1.77. The monoisotopic (exact) mass is 157 g/mol. The van der Waals surface area contributed by atoms with Crippen LogP contribution in [0.2, 0.25) is 0 Å². The Morgan fingerprint density at radius 2 is 2.00 bits per heavy atom. The van der Waals surface area contributed by atoms with E-state index in [1.807, 2.05) is 14.0 Å². The molecule has 0 aromatic rings. The molecule has 0 aliphatic heterocycles. The van der Waals surface area contributed by atoms with E-state index in [0.717, 1.165) is 13.0 Å². The number of carbonyl (C=O) groups is 1. The average Bonchev–Trinajstić information content (AvgIpc) is 1.98. The lowest BCUT2D eigenvalue weighted by Gasteiger charge is -2.17. The van der Waals surface area contributed by atoms with E-state index in [1.165, 1.54) is 0 Å². The Morgan fingerprint density at radius 3 is 2.36 bits per heavy atom. The lowest BCUT2D eigenvalue weighted by Crippen LogP contribution is -2.27. The SMILES string of the molecule is CCC(=O)N(C)CCC(C)C. The first kappa shape index (κ1) is 10.5. The predicted octanol–water partition coefficient (Wildman–Crippen LogP) is 1.90. The standard InChI is InChI=1S/C9H19NO/c1-5-9(11)10(4)7-6-8(2)3/h8H,5-7H2,1-4H3. The number of carbonyl (C=O) groups excluding carboxylic acids is 1. The van der Waals surface area contributed by atoms with E-state index in [0.29, 0.717) is 12.3 Å². The Morgan fingerprint density at radius 1 is 1.45 bits per heavy atom. The fourth-order valence-corrected chi connectivity index (χ4v) is 0.846. The molecule has 0 aliphatic rings. The van der Waals surface area contributed by atoms with Gasteiger partial charge in [-0.25, -0.2) is 0 Å². The molecule has 0 radical (unpaired) electrons. The zero-order valence-corrected chi connectivity index (χ0v) is 8.05. The largest absolute Gasteiger partial charge is 0.346 e. The summed E-state index contributed by atoms with van der Waals surface area (Å²) in [4.78, 5) is 12.9. The first-order valence-electron chi connectivity index (χ1n) is 4.31. The summed E-state index contributed by atoms with van der Waals surface area (Å²) in [6.07, 6.45) is 1.72. The Bertz CT molecular complexity index is 121. The fraction of sp³-hybridized carbons (Fsp3) is 0.889. The van der Waals surface area contributed by atoms with Crippen LogP contribution in [0.5, 0.6) is 0 Å². The van der Waals surface area contributed by atoms with Gasteiger partial charge >= 0.3 is 0 Å². The normalized spacial score (nSPS) is 10.3. The zero-order valence-electron chi connectivity index (χ0n) is 8.05. The van der Waals surface area contributed by atoms with Crippen LogP contribution in [0.1, 0.15) is 33.6 Å². The molecule has 0 spiro atoms. The van der Waals surface area contributed by atoms with Gasteiger partial charge in [-0.15, -0.1) is 0 Å². The minimum atomic E-state index is 0.241. The second-order valence-electron chi connectivity index (χ2n) is 3.35. The van der Waals surface area contributed by atoms with Gasteiger partial charge in [0.05, 0.1) is 0 Å². The highest BCUT2D eigenvalue weighted by molar-refractivity contribution is 5.75. The molecule has 0 rings (SSSR count). The Balaban J connectivity index is 3.52. The average molecular weight is 157 g/mol. The van der Waals surface area contributed by atoms with Crippen LogP contribution in [0, 0.1) is 5.92 Å². The Kier molecular flexibility index (Phi) is 4.92. The predicted molar refractivity (Wildman–Crippen MR) is 47.4 cm³/mol. The molecule has 0 aromatic carbocycles. The summed E-state index contributed by atoms with van der Waals surface area (Å²) in [5.41, 5.74) is 0. The third kappa shape index (κ3) is 4.82. The lowest BCUT2D eigenvalue weighted by molar-refractivity contribution is -0.129. The van der Waals surface area contributed by atoms with Crippen molar-refractivity contribution in [1.29, 1.82) is 0 Å². The summed E-state index contributed by atoms with van der Waals surface area (Å²) in [6, 6.07) is 0. The molecule has 66 valence electrons. The molecule has 0 atom stereocenters. The number of hydrogen-bond donors (Lipinski definition) is 0. The van der Waals surface area contributed by atoms with E-state index in [9.17, 15) is 4.79 Å². The van der Waals surface area contributed by atoms with Crippen LogP contribution in [0.4, 0.5) is 0 Å². The molecule has 2 heteroatoms. The molecule has 0 saturated heterocycles. The second kappa shape index (κ2) is 5.16. The van der Waals surface area contributed by atoms with E-state index in [2.05, 4.69) is 13.8 Å². The number of rotatable bonds is 4. The third-order valence-corrected chi connectivity index (χ3v) is 1.77. The van der Waals surface area contributed by atoms with Crippen molar-refractivity contribution in [3.63, 3.8) is 0 Å². The van der Waals surface area contributed by atoms with Crippen LogP contribution in [0.25, 0.3) is 0 Å². The van der Waals surface area contributed by atoms with Gasteiger partial charge in [0.2, 0.25) is 5.91 Å². The van der Waals surface area contributed by atoms with E-state index >= 15 is 0 Å². The molecule has 1 amide bonds. The van der Waals surface area contributed by atoms with E-state index in [-0.39, 0.29) is 5.91 Å². The Labute approximate surface area is 69.6 Å². The van der Waals surface area contributed by atoms with Crippen molar-refractivity contribution in [2.45, 2.75) is 33.6 Å². The molecule has 0 unspecified atom stereocenters. The van der Waals surface area contributed by atoms with Crippen LogP contribution >= 0.6 is 0 Å². The van der Waals surface area contributed by atoms with Crippen molar-refractivity contribution in [3.8, 4) is 0 Å². The lowest BCUT2D eigenvalue weighted by atomic mass is 10.1. The van der Waals surface area contributed by atoms with Crippen molar-refractivity contribution in [1.82, 2.24) is 4.90 Å². The summed E-state index contributed by atoms with van der Waals surface area (Å²) in [6.45, 7) is 7.13. The minimum Gasteiger partial charge on any atom is -0.346 e. The Hall–Kier alpha value is -0.530. The molecule has 11 heavy (non-hydrogen) atoms. The molecule has 2 nitrogen and oxygen atoms in total. The highest BCUT2D eigenvalue weighted by atomic mass is 16.2. The van der Waals surface area contributed by atoms with Crippen molar-refractivity contribution >= 4 is 5.91 Å². The van der Waals surface area contributed by atoms with E-state index in [4.69, 9.17) is 0 Å². The van der Waals surface area contributed by atoms with Crippen LogP contribution in [0.3, 0.4) is 0 Å². The summed E-state index contributed by atoms with van der Waals surface area (Å²) in [5.74, 6) is 0.924. The van der Waals surface area contributed by atoms with Crippen molar-refractivity contribution in [2.75, 3.05) is 13.6 Å². The van der Waals surface area contributed by atoms with Crippen molar-refractivity contribution < 1.29 is 4.79 Å². The van der Waals surface area contributed by atoms with Gasteiger partial charge in [0.15, 0.2) is 0 Å². The molecule has 0 aliphatic carbocycles. The van der Waals surface area contributed by atoms with Crippen LogP contribution < -0.4 is 0 Å². The maximum atomic E-state index is 11.1. The maximum Gasteiger partial charge on any atom is 0.222 e. The topological polar surface area (TPSA) is 20.3 Å². The molecule has 0 aromatic heterocycles. The number of nitrogens with zero attached hydrogens (tertiary/aromatic N) is 1. The van der Waals surface area contributed by atoms with Gasteiger partial charge in [-0.2, -0.15) is 0 Å². The second-order valence-corrected chi connectivity index (χ2v) is 3.35. The first-order valence-corrected chi connectivity index (χ1v) is 4.31. The van der Waals surface area contributed by atoms with Crippen molar-refractivity contribution in [2.24, 2.45) is 5.92 Å². The van der Waals surface area contributed by atoms with Gasteiger partial charge in [-0.05, 0) is 12.3 Å². The van der Waals surface area contributed by atoms with Crippen molar-refractivity contribution in [3.05, 3.63) is 0 Å². The maximum absolute atomic E-state index is 11.1. The molecular weight excluding hydrogens is 138 g/mol. The summed E-state index contributed by atoms with van der Waals surface area (Å²) < 4.78 is 0. The van der Waals surface area contributed by atoms with E-state index in [1.54, 1.807) is 4.90 Å². The molecule has 0 bridgehead atoms.